The first-order valence-corrected chi connectivity index (χ1v) is 10.5. The van der Waals surface area contributed by atoms with Gasteiger partial charge in [-0.15, -0.1) is 0 Å². The normalized spacial score (nSPS) is 20.2. The number of urea groups is 1. The molecule has 1 aromatic carbocycles. The number of nitrogens with zero attached hydrogens (tertiary/aromatic N) is 2. The molecule has 1 aromatic heterocycles. The van der Waals surface area contributed by atoms with Gasteiger partial charge in [0.2, 0.25) is 0 Å². The number of rotatable bonds is 5. The molecule has 4 rings (SSSR count). The van der Waals surface area contributed by atoms with E-state index in [0.717, 1.165) is 31.5 Å². The van der Waals surface area contributed by atoms with Crippen molar-refractivity contribution in [2.75, 3.05) is 13.2 Å². The minimum Gasteiger partial charge on any atom is -0.370 e. The number of benzene rings is 1. The molecule has 0 bridgehead atoms. The lowest BCUT2D eigenvalue weighted by molar-refractivity contribution is 0.0410. The van der Waals surface area contributed by atoms with Crippen LogP contribution >= 0.6 is 0 Å². The van der Waals surface area contributed by atoms with Crippen molar-refractivity contribution < 1.29 is 9.53 Å². The third-order valence-electron chi connectivity index (χ3n) is 5.69. The van der Waals surface area contributed by atoms with Crippen molar-refractivity contribution in [1.29, 1.82) is 0 Å². The SMILES string of the molecule is O=C(NCC1OCCc2cn(Cc3ccccc3)nc21)NC1CCCCCC1. The second kappa shape index (κ2) is 9.24. The van der Waals surface area contributed by atoms with Crippen molar-refractivity contribution in [3.63, 3.8) is 0 Å². The van der Waals surface area contributed by atoms with Crippen LogP contribution in [0.4, 0.5) is 4.79 Å². The molecule has 0 saturated heterocycles. The van der Waals surface area contributed by atoms with Gasteiger partial charge in [0.1, 0.15) is 6.10 Å². The van der Waals surface area contributed by atoms with Crippen molar-refractivity contribution in [2.24, 2.45) is 0 Å². The van der Waals surface area contributed by atoms with Crippen LogP contribution in [0.25, 0.3) is 0 Å². The van der Waals surface area contributed by atoms with Gasteiger partial charge in [0, 0.05) is 12.2 Å². The molecule has 0 radical (unpaired) electrons. The molecule has 1 saturated carbocycles. The number of fused-ring (bicyclic) bond motifs is 1. The average Bonchev–Trinajstić information content (AvgIpc) is 2.94. The molecule has 2 N–H and O–H groups in total. The van der Waals surface area contributed by atoms with Crippen LogP contribution in [0.3, 0.4) is 0 Å². The van der Waals surface area contributed by atoms with Crippen molar-refractivity contribution in [3.8, 4) is 0 Å². The molecule has 6 nitrogen and oxygen atoms in total. The van der Waals surface area contributed by atoms with Crippen LogP contribution in [-0.4, -0.2) is 35.0 Å². The van der Waals surface area contributed by atoms with E-state index in [4.69, 9.17) is 9.84 Å². The van der Waals surface area contributed by atoms with Crippen LogP contribution < -0.4 is 10.6 Å². The first-order chi connectivity index (χ1) is 13.8. The highest BCUT2D eigenvalue weighted by Crippen LogP contribution is 2.25. The number of hydrogen-bond donors (Lipinski definition) is 2. The number of ether oxygens (including phenoxy) is 1. The third kappa shape index (κ3) is 4.93. The maximum Gasteiger partial charge on any atom is 0.315 e. The Morgan fingerprint density at radius 1 is 1.14 bits per heavy atom. The monoisotopic (exact) mass is 382 g/mol. The standard InChI is InChI=1S/C22H30N4O2/c27-22(24-19-10-6-1-2-7-11-19)23-14-20-21-18(12-13-28-20)16-26(25-21)15-17-8-4-3-5-9-17/h3-5,8-9,16,19-20H,1-2,6-7,10-15H2,(H2,23,24,27). The fraction of sp³-hybridized carbons (Fsp3) is 0.545. The third-order valence-corrected chi connectivity index (χ3v) is 5.69. The van der Waals surface area contributed by atoms with Crippen molar-refractivity contribution in [1.82, 2.24) is 20.4 Å². The fourth-order valence-electron chi connectivity index (χ4n) is 4.18. The maximum absolute atomic E-state index is 12.3. The van der Waals surface area contributed by atoms with Gasteiger partial charge >= 0.3 is 6.03 Å². The summed E-state index contributed by atoms with van der Waals surface area (Å²) in [7, 11) is 0. The Morgan fingerprint density at radius 3 is 2.71 bits per heavy atom. The highest BCUT2D eigenvalue weighted by molar-refractivity contribution is 5.74. The summed E-state index contributed by atoms with van der Waals surface area (Å²) in [6.45, 7) is 1.87. The van der Waals surface area contributed by atoms with Gasteiger partial charge in [0.15, 0.2) is 0 Å². The Hall–Kier alpha value is -2.34. The van der Waals surface area contributed by atoms with Crippen molar-refractivity contribution in [3.05, 3.63) is 53.3 Å². The summed E-state index contributed by atoms with van der Waals surface area (Å²) in [6, 6.07) is 10.5. The number of amides is 2. The molecule has 2 heterocycles. The Kier molecular flexibility index (Phi) is 6.27. The van der Waals surface area contributed by atoms with Crippen molar-refractivity contribution >= 4 is 6.03 Å². The number of hydrogen-bond acceptors (Lipinski definition) is 3. The minimum atomic E-state index is -0.180. The zero-order valence-electron chi connectivity index (χ0n) is 16.4. The van der Waals surface area contributed by atoms with Gasteiger partial charge in [0.05, 0.1) is 25.4 Å². The molecule has 1 atom stereocenters. The largest absolute Gasteiger partial charge is 0.370 e. The summed E-state index contributed by atoms with van der Waals surface area (Å²) in [5.74, 6) is 0. The number of nitrogens with one attached hydrogen (secondary N) is 2. The lowest BCUT2D eigenvalue weighted by atomic mass is 10.1. The molecular weight excluding hydrogens is 352 g/mol. The maximum atomic E-state index is 12.3. The highest BCUT2D eigenvalue weighted by Gasteiger charge is 2.25. The van der Waals surface area contributed by atoms with E-state index in [9.17, 15) is 4.79 Å². The zero-order valence-corrected chi connectivity index (χ0v) is 16.4. The van der Waals surface area contributed by atoms with Gasteiger partial charge in [-0.2, -0.15) is 5.10 Å². The molecule has 2 aromatic rings. The van der Waals surface area contributed by atoms with Gasteiger partial charge < -0.3 is 15.4 Å². The van der Waals surface area contributed by atoms with Crippen LogP contribution in [0, 0.1) is 0 Å². The molecule has 2 amide bonds. The zero-order chi connectivity index (χ0) is 19.2. The van der Waals surface area contributed by atoms with Crippen molar-refractivity contribution in [2.45, 2.75) is 63.6 Å². The summed E-state index contributed by atoms with van der Waals surface area (Å²) < 4.78 is 7.89. The van der Waals surface area contributed by atoms with E-state index in [1.165, 1.54) is 36.8 Å². The molecular formula is C22H30N4O2. The summed E-state index contributed by atoms with van der Waals surface area (Å²) in [6.07, 6.45) is 9.95. The quantitative estimate of drug-likeness (QED) is 0.777. The Bertz CT molecular complexity index is 766. The van der Waals surface area contributed by atoms with Crippen LogP contribution in [0.5, 0.6) is 0 Å². The molecule has 28 heavy (non-hydrogen) atoms. The average molecular weight is 383 g/mol. The lowest BCUT2D eigenvalue weighted by Crippen LogP contribution is -2.43. The number of carbonyl (C=O) groups is 1. The Balaban J connectivity index is 1.33. The molecule has 1 fully saturated rings. The lowest BCUT2D eigenvalue weighted by Gasteiger charge is -2.23. The molecule has 1 aliphatic heterocycles. The first-order valence-electron chi connectivity index (χ1n) is 10.5. The molecule has 2 aliphatic rings. The summed E-state index contributed by atoms with van der Waals surface area (Å²) >= 11 is 0. The summed E-state index contributed by atoms with van der Waals surface area (Å²) in [5, 5.41) is 10.9. The van der Waals surface area contributed by atoms with E-state index in [1.54, 1.807) is 0 Å². The van der Waals surface area contributed by atoms with Crippen LogP contribution in [0.1, 0.15) is 61.4 Å². The minimum absolute atomic E-state index is 0.0914. The molecule has 1 unspecified atom stereocenters. The Labute approximate surface area is 166 Å². The van der Waals surface area contributed by atoms with Crippen LogP contribution in [0.2, 0.25) is 0 Å². The van der Waals surface area contributed by atoms with E-state index in [1.807, 2.05) is 22.9 Å². The predicted octanol–water partition coefficient (Wildman–Crippen LogP) is 3.57. The fourth-order valence-corrected chi connectivity index (χ4v) is 4.18. The second-order valence-corrected chi connectivity index (χ2v) is 7.88. The van der Waals surface area contributed by atoms with Gasteiger partial charge in [-0.1, -0.05) is 56.0 Å². The van der Waals surface area contributed by atoms with E-state index in [2.05, 4.69) is 29.0 Å². The van der Waals surface area contributed by atoms with Gasteiger partial charge in [0.25, 0.3) is 0 Å². The van der Waals surface area contributed by atoms with Crippen LogP contribution in [0.15, 0.2) is 36.5 Å². The van der Waals surface area contributed by atoms with Gasteiger partial charge in [-0.05, 0) is 30.4 Å². The smallest absolute Gasteiger partial charge is 0.315 e. The summed E-state index contributed by atoms with van der Waals surface area (Å²) in [4.78, 5) is 12.3. The van der Waals surface area contributed by atoms with Gasteiger partial charge in [-0.25, -0.2) is 4.79 Å². The molecule has 0 spiro atoms. The number of carbonyl (C=O) groups excluding carboxylic acids is 1. The van der Waals surface area contributed by atoms with Gasteiger partial charge in [-0.3, -0.25) is 4.68 Å². The molecule has 150 valence electrons. The number of aromatic nitrogens is 2. The van der Waals surface area contributed by atoms with E-state index in [0.29, 0.717) is 19.2 Å². The highest BCUT2D eigenvalue weighted by atomic mass is 16.5. The van der Waals surface area contributed by atoms with E-state index < -0.39 is 0 Å². The molecule has 1 aliphatic carbocycles. The first kappa shape index (κ1) is 19.0. The second-order valence-electron chi connectivity index (χ2n) is 7.88. The molecule has 6 heteroatoms. The summed E-state index contributed by atoms with van der Waals surface area (Å²) in [5.41, 5.74) is 3.40. The van der Waals surface area contributed by atoms with E-state index >= 15 is 0 Å². The Morgan fingerprint density at radius 2 is 1.93 bits per heavy atom. The van der Waals surface area contributed by atoms with Crippen LogP contribution in [-0.2, 0) is 17.7 Å². The topological polar surface area (TPSA) is 68.2 Å². The van der Waals surface area contributed by atoms with E-state index in [-0.39, 0.29) is 12.1 Å². The predicted molar refractivity (Wildman–Crippen MR) is 108 cm³/mol.